The van der Waals surface area contributed by atoms with E-state index < -0.39 is 0 Å². The van der Waals surface area contributed by atoms with Gasteiger partial charge in [0, 0.05) is 19.1 Å². The predicted octanol–water partition coefficient (Wildman–Crippen LogP) is 2.74. The topological polar surface area (TPSA) is 15.3 Å². The molecule has 2 aliphatic rings. The summed E-state index contributed by atoms with van der Waals surface area (Å²) in [6.45, 7) is 8.55. The van der Waals surface area contributed by atoms with Gasteiger partial charge in [-0.25, -0.2) is 0 Å². The minimum absolute atomic E-state index is 0.738. The molecule has 1 aliphatic carbocycles. The van der Waals surface area contributed by atoms with Crippen molar-refractivity contribution in [3.8, 4) is 0 Å². The van der Waals surface area contributed by atoms with Crippen LogP contribution in [0.1, 0.15) is 46.0 Å². The first kappa shape index (κ1) is 13.4. The van der Waals surface area contributed by atoms with Crippen LogP contribution in [0, 0.1) is 17.8 Å². The van der Waals surface area contributed by atoms with Crippen molar-refractivity contribution in [3.63, 3.8) is 0 Å². The molecule has 0 aromatic heterocycles. The van der Waals surface area contributed by atoms with Crippen molar-refractivity contribution in [2.75, 3.05) is 26.7 Å². The van der Waals surface area contributed by atoms with E-state index in [0.717, 1.165) is 23.8 Å². The summed E-state index contributed by atoms with van der Waals surface area (Å²) >= 11 is 0. The molecule has 2 rings (SSSR count). The molecule has 2 unspecified atom stereocenters. The van der Waals surface area contributed by atoms with Crippen molar-refractivity contribution in [2.24, 2.45) is 17.8 Å². The highest BCUT2D eigenvalue weighted by atomic mass is 15.1. The highest BCUT2D eigenvalue weighted by molar-refractivity contribution is 4.84. The second kappa shape index (κ2) is 6.19. The van der Waals surface area contributed by atoms with E-state index in [-0.39, 0.29) is 0 Å². The first-order valence-corrected chi connectivity index (χ1v) is 7.57. The van der Waals surface area contributed by atoms with Crippen molar-refractivity contribution >= 4 is 0 Å². The minimum atomic E-state index is 0.738. The van der Waals surface area contributed by atoms with Crippen molar-refractivity contribution in [3.05, 3.63) is 0 Å². The van der Waals surface area contributed by atoms with Crippen LogP contribution in [-0.4, -0.2) is 37.6 Å². The summed E-state index contributed by atoms with van der Waals surface area (Å²) in [5, 5.41) is 3.84. The monoisotopic (exact) mass is 238 g/mol. The zero-order chi connectivity index (χ0) is 12.3. The lowest BCUT2D eigenvalue weighted by Crippen LogP contribution is -2.49. The van der Waals surface area contributed by atoms with Crippen LogP contribution in [0.25, 0.3) is 0 Å². The molecule has 2 atom stereocenters. The molecule has 100 valence electrons. The number of hydrogen-bond acceptors (Lipinski definition) is 2. The van der Waals surface area contributed by atoms with Crippen molar-refractivity contribution in [2.45, 2.75) is 52.0 Å². The van der Waals surface area contributed by atoms with E-state index in [2.05, 4.69) is 31.1 Å². The molecule has 17 heavy (non-hydrogen) atoms. The molecule has 1 heterocycles. The van der Waals surface area contributed by atoms with Crippen LogP contribution >= 0.6 is 0 Å². The van der Waals surface area contributed by atoms with Gasteiger partial charge in [-0.3, -0.25) is 0 Å². The Balaban J connectivity index is 1.75. The summed E-state index contributed by atoms with van der Waals surface area (Å²) in [7, 11) is 2.28. The van der Waals surface area contributed by atoms with Crippen molar-refractivity contribution in [1.82, 2.24) is 10.2 Å². The van der Waals surface area contributed by atoms with E-state index in [1.165, 1.54) is 51.7 Å². The number of likely N-dealkylation sites (N-methyl/N-ethyl adjacent to an activating group) is 1. The van der Waals surface area contributed by atoms with Gasteiger partial charge in [0.25, 0.3) is 0 Å². The summed E-state index contributed by atoms with van der Waals surface area (Å²) < 4.78 is 0. The third kappa shape index (κ3) is 3.96. The van der Waals surface area contributed by atoms with Crippen LogP contribution in [0.2, 0.25) is 0 Å². The normalized spacial score (nSPS) is 32.5. The van der Waals surface area contributed by atoms with Gasteiger partial charge in [-0.05, 0) is 50.6 Å². The van der Waals surface area contributed by atoms with E-state index in [4.69, 9.17) is 0 Å². The molecular formula is C15H30N2. The number of piperidine rings is 1. The van der Waals surface area contributed by atoms with E-state index in [9.17, 15) is 0 Å². The van der Waals surface area contributed by atoms with Gasteiger partial charge in [0.15, 0.2) is 0 Å². The Bertz CT molecular complexity index is 221. The zero-order valence-corrected chi connectivity index (χ0v) is 11.9. The van der Waals surface area contributed by atoms with Gasteiger partial charge in [-0.15, -0.1) is 0 Å². The molecule has 0 spiro atoms. The lowest BCUT2D eigenvalue weighted by atomic mass is 9.85. The molecular weight excluding hydrogens is 208 g/mol. The van der Waals surface area contributed by atoms with Gasteiger partial charge in [0.1, 0.15) is 0 Å². The first-order valence-electron chi connectivity index (χ1n) is 7.57. The highest BCUT2D eigenvalue weighted by Crippen LogP contribution is 2.26. The van der Waals surface area contributed by atoms with Crippen molar-refractivity contribution < 1.29 is 0 Å². The second-order valence-electron chi connectivity index (χ2n) is 6.72. The number of hydrogen-bond donors (Lipinski definition) is 1. The van der Waals surface area contributed by atoms with Gasteiger partial charge in [0.05, 0.1) is 0 Å². The molecule has 1 saturated carbocycles. The SMILES string of the molecule is CC(C)C1CC(NCC2CCCC2)CN(C)C1. The van der Waals surface area contributed by atoms with E-state index in [1.54, 1.807) is 0 Å². The second-order valence-corrected chi connectivity index (χ2v) is 6.72. The molecule has 0 radical (unpaired) electrons. The Morgan fingerprint density at radius 2 is 1.88 bits per heavy atom. The van der Waals surface area contributed by atoms with Crippen LogP contribution in [-0.2, 0) is 0 Å². The smallest absolute Gasteiger partial charge is 0.0198 e. The van der Waals surface area contributed by atoms with Gasteiger partial charge in [0.2, 0.25) is 0 Å². The highest BCUT2D eigenvalue weighted by Gasteiger charge is 2.27. The number of nitrogens with one attached hydrogen (secondary N) is 1. The van der Waals surface area contributed by atoms with Gasteiger partial charge >= 0.3 is 0 Å². The maximum Gasteiger partial charge on any atom is 0.0198 e. The van der Waals surface area contributed by atoms with Gasteiger partial charge < -0.3 is 10.2 Å². The Morgan fingerprint density at radius 1 is 1.18 bits per heavy atom. The fourth-order valence-corrected chi connectivity index (χ4v) is 3.54. The number of rotatable bonds is 4. The summed E-state index contributed by atoms with van der Waals surface area (Å²) in [6, 6.07) is 0.738. The number of nitrogens with zero attached hydrogens (tertiary/aromatic N) is 1. The summed E-state index contributed by atoms with van der Waals surface area (Å²) in [5.74, 6) is 2.68. The van der Waals surface area contributed by atoms with E-state index >= 15 is 0 Å². The predicted molar refractivity (Wildman–Crippen MR) is 74.2 cm³/mol. The van der Waals surface area contributed by atoms with Crippen LogP contribution in [0.15, 0.2) is 0 Å². The molecule has 1 saturated heterocycles. The third-order valence-corrected chi connectivity index (χ3v) is 4.78. The Morgan fingerprint density at radius 3 is 2.53 bits per heavy atom. The molecule has 0 aromatic rings. The lowest BCUT2D eigenvalue weighted by molar-refractivity contribution is 0.137. The minimum Gasteiger partial charge on any atom is -0.312 e. The molecule has 2 fully saturated rings. The average molecular weight is 238 g/mol. The molecule has 0 amide bonds. The summed E-state index contributed by atoms with van der Waals surface area (Å²) in [6.07, 6.45) is 7.23. The van der Waals surface area contributed by atoms with Crippen LogP contribution in [0.4, 0.5) is 0 Å². The van der Waals surface area contributed by atoms with Crippen molar-refractivity contribution in [1.29, 1.82) is 0 Å². The fourth-order valence-electron chi connectivity index (χ4n) is 3.54. The van der Waals surface area contributed by atoms with E-state index in [1.807, 2.05) is 0 Å². The van der Waals surface area contributed by atoms with Gasteiger partial charge in [-0.2, -0.15) is 0 Å². The maximum atomic E-state index is 3.84. The maximum absolute atomic E-state index is 3.84. The summed E-state index contributed by atoms with van der Waals surface area (Å²) in [5.41, 5.74) is 0. The first-order chi connectivity index (χ1) is 8.15. The lowest BCUT2D eigenvalue weighted by Gasteiger charge is -2.38. The molecule has 0 aromatic carbocycles. The molecule has 2 heteroatoms. The summed E-state index contributed by atoms with van der Waals surface area (Å²) in [4.78, 5) is 2.51. The molecule has 1 N–H and O–H groups in total. The average Bonchev–Trinajstić information content (AvgIpc) is 2.78. The Hall–Kier alpha value is -0.0800. The molecule has 2 nitrogen and oxygen atoms in total. The van der Waals surface area contributed by atoms with Crippen LogP contribution in [0.5, 0.6) is 0 Å². The van der Waals surface area contributed by atoms with Gasteiger partial charge in [-0.1, -0.05) is 26.7 Å². The fraction of sp³-hybridized carbons (Fsp3) is 1.00. The number of likely N-dealkylation sites (tertiary alicyclic amines) is 1. The standard InChI is InChI=1S/C15H30N2/c1-12(2)14-8-15(11-17(3)10-14)16-9-13-6-4-5-7-13/h12-16H,4-11H2,1-3H3. The third-order valence-electron chi connectivity index (χ3n) is 4.78. The van der Waals surface area contributed by atoms with Crippen LogP contribution < -0.4 is 5.32 Å². The largest absolute Gasteiger partial charge is 0.312 e. The quantitative estimate of drug-likeness (QED) is 0.810. The zero-order valence-electron chi connectivity index (χ0n) is 11.9. The Labute approximate surface area is 107 Å². The Kier molecular flexibility index (Phi) is 4.87. The van der Waals surface area contributed by atoms with Crippen LogP contribution in [0.3, 0.4) is 0 Å². The van der Waals surface area contributed by atoms with E-state index in [0.29, 0.717) is 0 Å². The molecule has 0 bridgehead atoms. The molecule has 1 aliphatic heterocycles.